The van der Waals surface area contributed by atoms with E-state index in [1.807, 2.05) is 0 Å². The Hall–Kier alpha value is -3.26. The van der Waals surface area contributed by atoms with Crippen LogP contribution in [0.3, 0.4) is 0 Å². The van der Waals surface area contributed by atoms with Gasteiger partial charge in [-0.3, -0.25) is 4.98 Å². The first-order chi connectivity index (χ1) is 13.5. The maximum absolute atomic E-state index is 14.4. The van der Waals surface area contributed by atoms with Crippen LogP contribution in [0.15, 0.2) is 48.2 Å². The van der Waals surface area contributed by atoms with Crippen molar-refractivity contribution >= 4 is 33.1 Å². The fourth-order valence-corrected chi connectivity index (χ4v) is 3.98. The molecule has 0 unspecified atom stereocenters. The zero-order valence-corrected chi connectivity index (χ0v) is 14.7. The quantitative estimate of drug-likeness (QED) is 0.289. The summed E-state index contributed by atoms with van der Waals surface area (Å²) in [6.45, 7) is 0. The second kappa shape index (κ2) is 6.13. The minimum Gasteiger partial charge on any atom is -0.358 e. The molecular formula is C20H9F4N3S. The van der Waals surface area contributed by atoms with E-state index in [2.05, 4.69) is 15.0 Å². The summed E-state index contributed by atoms with van der Waals surface area (Å²) in [5.41, 5.74) is 3.23. The first-order valence-electron chi connectivity index (χ1n) is 8.17. The Morgan fingerprint density at radius 2 is 1.75 bits per heavy atom. The van der Waals surface area contributed by atoms with Gasteiger partial charge in [0.15, 0.2) is 17.5 Å². The summed E-state index contributed by atoms with van der Waals surface area (Å²) < 4.78 is 55.6. The average Bonchev–Trinajstić information content (AvgIpc) is 3.36. The summed E-state index contributed by atoms with van der Waals surface area (Å²) in [5, 5.41) is 0.768. The number of nitrogens with one attached hydrogen (secondary N) is 1. The molecule has 0 amide bonds. The Balaban J connectivity index is 1.74. The van der Waals surface area contributed by atoms with Crippen LogP contribution in [-0.4, -0.2) is 15.0 Å². The van der Waals surface area contributed by atoms with Crippen LogP contribution in [0, 0.1) is 23.3 Å². The molecule has 0 fully saturated rings. The maximum atomic E-state index is 14.4. The third-order valence-electron chi connectivity index (χ3n) is 4.59. The Morgan fingerprint density at radius 1 is 0.893 bits per heavy atom. The normalized spacial score (nSPS) is 11.6. The number of rotatable bonds is 2. The molecule has 0 bridgehead atoms. The first kappa shape index (κ1) is 16.9. The van der Waals surface area contributed by atoms with Crippen molar-refractivity contribution in [2.45, 2.75) is 0 Å². The minimum absolute atomic E-state index is 0.139. The van der Waals surface area contributed by atoms with E-state index in [1.54, 1.807) is 23.8 Å². The van der Waals surface area contributed by atoms with Crippen LogP contribution in [-0.2, 0) is 0 Å². The van der Waals surface area contributed by atoms with Gasteiger partial charge in [0, 0.05) is 34.3 Å². The van der Waals surface area contributed by atoms with Crippen LogP contribution in [0.25, 0.3) is 43.5 Å². The van der Waals surface area contributed by atoms with Crippen molar-refractivity contribution < 1.29 is 17.6 Å². The molecule has 1 N–H and O–H groups in total. The van der Waals surface area contributed by atoms with Gasteiger partial charge in [0.2, 0.25) is 0 Å². The van der Waals surface area contributed by atoms with Gasteiger partial charge in [0.25, 0.3) is 0 Å². The predicted octanol–water partition coefficient (Wildman–Crippen LogP) is 6.06. The molecule has 0 saturated carbocycles. The van der Waals surface area contributed by atoms with Crippen molar-refractivity contribution in [3.8, 4) is 21.7 Å². The highest BCUT2D eigenvalue weighted by Crippen LogP contribution is 2.36. The SMILES string of the molecule is Fc1cc2c(-c3ccc4c(-c5cncs5)c(F)ccc4n3)c[nH]c2c(F)c1F. The minimum atomic E-state index is -1.53. The van der Waals surface area contributed by atoms with Crippen LogP contribution in [0.1, 0.15) is 0 Å². The standard InChI is InChI=1S/C20H9F4N3S/c21-12-2-4-14-9(17(12)16-7-25-8-28-16)1-3-15(27-14)11-6-26-20-10(11)5-13(22)18(23)19(20)24/h1-8,26H. The van der Waals surface area contributed by atoms with Crippen LogP contribution in [0.2, 0.25) is 0 Å². The molecule has 3 heterocycles. The Labute approximate surface area is 159 Å². The molecule has 0 saturated heterocycles. The van der Waals surface area contributed by atoms with E-state index in [0.29, 0.717) is 32.6 Å². The largest absolute Gasteiger partial charge is 0.358 e. The molecule has 28 heavy (non-hydrogen) atoms. The van der Waals surface area contributed by atoms with Gasteiger partial charge in [-0.15, -0.1) is 11.3 Å². The van der Waals surface area contributed by atoms with Crippen molar-refractivity contribution in [1.82, 2.24) is 15.0 Å². The van der Waals surface area contributed by atoms with Gasteiger partial charge in [-0.2, -0.15) is 0 Å². The van der Waals surface area contributed by atoms with Gasteiger partial charge < -0.3 is 4.98 Å². The fraction of sp³-hybridized carbons (Fsp3) is 0. The van der Waals surface area contributed by atoms with Gasteiger partial charge in [-0.05, 0) is 30.3 Å². The lowest BCUT2D eigenvalue weighted by atomic mass is 10.0. The van der Waals surface area contributed by atoms with Crippen molar-refractivity contribution in [3.63, 3.8) is 0 Å². The molecule has 8 heteroatoms. The number of hydrogen-bond acceptors (Lipinski definition) is 3. The summed E-state index contributed by atoms with van der Waals surface area (Å²) >= 11 is 1.31. The molecular weight excluding hydrogens is 390 g/mol. The van der Waals surface area contributed by atoms with E-state index in [0.717, 1.165) is 6.07 Å². The predicted molar refractivity (Wildman–Crippen MR) is 100.0 cm³/mol. The van der Waals surface area contributed by atoms with Gasteiger partial charge in [-0.1, -0.05) is 0 Å². The van der Waals surface area contributed by atoms with Gasteiger partial charge in [0.05, 0.1) is 27.1 Å². The molecule has 0 spiro atoms. The van der Waals surface area contributed by atoms with Crippen molar-refractivity contribution in [3.05, 3.63) is 71.5 Å². The highest BCUT2D eigenvalue weighted by molar-refractivity contribution is 7.13. The second-order valence-corrected chi connectivity index (χ2v) is 7.05. The number of nitrogens with zero attached hydrogens (tertiary/aromatic N) is 2. The number of aromatic nitrogens is 3. The van der Waals surface area contributed by atoms with Crippen molar-refractivity contribution in [2.24, 2.45) is 0 Å². The topological polar surface area (TPSA) is 41.6 Å². The lowest BCUT2D eigenvalue weighted by molar-refractivity contribution is 0.453. The number of thiazole rings is 1. The molecule has 0 aliphatic carbocycles. The lowest BCUT2D eigenvalue weighted by Gasteiger charge is -2.08. The maximum Gasteiger partial charge on any atom is 0.196 e. The summed E-state index contributed by atoms with van der Waals surface area (Å²) in [6, 6.07) is 7.12. The zero-order valence-electron chi connectivity index (χ0n) is 13.9. The van der Waals surface area contributed by atoms with E-state index >= 15 is 0 Å². The summed E-state index contributed by atoms with van der Waals surface area (Å²) in [4.78, 5) is 11.8. The summed E-state index contributed by atoms with van der Waals surface area (Å²) in [6.07, 6.45) is 3.02. The molecule has 5 rings (SSSR count). The number of fused-ring (bicyclic) bond motifs is 2. The van der Waals surface area contributed by atoms with Crippen LogP contribution >= 0.6 is 11.3 Å². The molecule has 5 aromatic rings. The Bertz CT molecular complexity index is 1360. The zero-order chi connectivity index (χ0) is 19.4. The number of aromatic amines is 1. The van der Waals surface area contributed by atoms with Gasteiger partial charge in [-0.25, -0.2) is 22.5 Å². The number of H-pyrrole nitrogens is 1. The third-order valence-corrected chi connectivity index (χ3v) is 5.38. The van der Waals surface area contributed by atoms with E-state index in [9.17, 15) is 17.6 Å². The number of benzene rings is 2. The highest BCUT2D eigenvalue weighted by atomic mass is 32.1. The molecule has 138 valence electrons. The van der Waals surface area contributed by atoms with Crippen molar-refractivity contribution in [2.75, 3.05) is 0 Å². The Kier molecular flexibility index (Phi) is 3.70. The van der Waals surface area contributed by atoms with E-state index in [4.69, 9.17) is 0 Å². The molecule has 0 aliphatic rings. The monoisotopic (exact) mass is 399 g/mol. The van der Waals surface area contributed by atoms with E-state index < -0.39 is 23.3 Å². The van der Waals surface area contributed by atoms with E-state index in [-0.39, 0.29) is 10.9 Å². The molecule has 0 atom stereocenters. The van der Waals surface area contributed by atoms with Gasteiger partial charge in [0.1, 0.15) is 5.82 Å². The van der Waals surface area contributed by atoms with E-state index in [1.165, 1.54) is 29.7 Å². The smallest absolute Gasteiger partial charge is 0.196 e. The summed E-state index contributed by atoms with van der Waals surface area (Å²) in [5.74, 6) is -4.48. The molecule has 3 aromatic heterocycles. The molecule has 3 nitrogen and oxygen atoms in total. The number of halogens is 4. The second-order valence-electron chi connectivity index (χ2n) is 6.16. The first-order valence-corrected chi connectivity index (χ1v) is 9.05. The molecule has 0 aliphatic heterocycles. The average molecular weight is 399 g/mol. The fourth-order valence-electron chi connectivity index (χ4n) is 3.30. The summed E-state index contributed by atoms with van der Waals surface area (Å²) in [7, 11) is 0. The highest BCUT2D eigenvalue weighted by Gasteiger charge is 2.19. The molecule has 2 aromatic carbocycles. The number of hydrogen-bond donors (Lipinski definition) is 1. The van der Waals surface area contributed by atoms with Crippen molar-refractivity contribution in [1.29, 1.82) is 0 Å². The van der Waals surface area contributed by atoms with Crippen LogP contribution < -0.4 is 0 Å². The van der Waals surface area contributed by atoms with Gasteiger partial charge >= 0.3 is 0 Å². The third kappa shape index (κ3) is 2.41. The van der Waals surface area contributed by atoms with Crippen LogP contribution in [0.5, 0.6) is 0 Å². The number of pyridine rings is 1. The lowest BCUT2D eigenvalue weighted by Crippen LogP contribution is -1.92. The Morgan fingerprint density at radius 3 is 2.54 bits per heavy atom. The van der Waals surface area contributed by atoms with Crippen LogP contribution in [0.4, 0.5) is 17.6 Å². The molecule has 0 radical (unpaired) electrons.